The van der Waals surface area contributed by atoms with Gasteiger partial charge < -0.3 is 9.64 Å². The quantitative estimate of drug-likeness (QED) is 0.773. The van der Waals surface area contributed by atoms with E-state index >= 15 is 0 Å². The number of rotatable bonds is 3. The van der Waals surface area contributed by atoms with Gasteiger partial charge in [0.25, 0.3) is 5.91 Å². The lowest BCUT2D eigenvalue weighted by Crippen LogP contribution is -2.50. The first-order valence-corrected chi connectivity index (χ1v) is 6.68. The number of aromatic nitrogens is 2. The van der Waals surface area contributed by atoms with Gasteiger partial charge in [0.05, 0.1) is 24.9 Å². The van der Waals surface area contributed by atoms with Crippen LogP contribution in [0.2, 0.25) is 0 Å². The fourth-order valence-electron chi connectivity index (χ4n) is 2.10. The van der Waals surface area contributed by atoms with Crippen LogP contribution in [0.1, 0.15) is 23.1 Å². The summed E-state index contributed by atoms with van der Waals surface area (Å²) >= 11 is 5.88. The van der Waals surface area contributed by atoms with Gasteiger partial charge in [0.2, 0.25) is 0 Å². The fourth-order valence-corrected chi connectivity index (χ4v) is 2.35. The average molecular weight is 272 g/mol. The highest BCUT2D eigenvalue weighted by atomic mass is 35.5. The largest absolute Gasteiger partial charge is 0.377 e. The zero-order valence-corrected chi connectivity index (χ0v) is 11.5. The SMILES string of the molecule is CCc1cc(C(=O)N2CCOCC2CCl)n(C)n1. The summed E-state index contributed by atoms with van der Waals surface area (Å²) in [6.45, 7) is 3.68. The van der Waals surface area contributed by atoms with Crippen LogP contribution in [0, 0.1) is 0 Å². The second-order valence-corrected chi connectivity index (χ2v) is 4.69. The molecule has 2 rings (SSSR count). The molecule has 0 aromatic carbocycles. The van der Waals surface area contributed by atoms with Gasteiger partial charge in [-0.15, -0.1) is 11.6 Å². The van der Waals surface area contributed by atoms with Crippen molar-refractivity contribution in [2.45, 2.75) is 19.4 Å². The molecule has 1 unspecified atom stereocenters. The predicted octanol–water partition coefficient (Wildman–Crippen LogP) is 1.06. The molecule has 0 saturated carbocycles. The maximum absolute atomic E-state index is 12.5. The van der Waals surface area contributed by atoms with Gasteiger partial charge in [-0.3, -0.25) is 9.48 Å². The number of halogens is 1. The highest BCUT2D eigenvalue weighted by Crippen LogP contribution is 2.14. The number of carbonyl (C=O) groups excluding carboxylic acids is 1. The van der Waals surface area contributed by atoms with E-state index in [2.05, 4.69) is 5.10 Å². The van der Waals surface area contributed by atoms with Gasteiger partial charge in [-0.1, -0.05) is 6.92 Å². The number of hydrogen-bond donors (Lipinski definition) is 0. The van der Waals surface area contributed by atoms with E-state index in [9.17, 15) is 4.79 Å². The van der Waals surface area contributed by atoms with Crippen molar-refractivity contribution in [2.75, 3.05) is 25.6 Å². The van der Waals surface area contributed by atoms with Crippen LogP contribution in [0.15, 0.2) is 6.07 Å². The minimum Gasteiger partial charge on any atom is -0.377 e. The molecule has 1 atom stereocenters. The standard InChI is InChI=1S/C12H18ClN3O2/c1-3-9-6-11(15(2)14-9)12(17)16-4-5-18-8-10(16)7-13/h6,10H,3-5,7-8H2,1-2H3. The first-order valence-electron chi connectivity index (χ1n) is 6.15. The van der Waals surface area contributed by atoms with Crippen LogP contribution in [0.5, 0.6) is 0 Å². The molecule has 0 N–H and O–H groups in total. The summed E-state index contributed by atoms with van der Waals surface area (Å²) < 4.78 is 6.99. The summed E-state index contributed by atoms with van der Waals surface area (Å²) in [5.41, 5.74) is 1.54. The van der Waals surface area contributed by atoms with Crippen molar-refractivity contribution in [2.24, 2.45) is 7.05 Å². The molecule has 0 radical (unpaired) electrons. The summed E-state index contributed by atoms with van der Waals surface area (Å²) in [5, 5.41) is 4.30. The number of morpholine rings is 1. The normalized spacial score (nSPS) is 20.2. The second kappa shape index (κ2) is 5.71. The zero-order valence-electron chi connectivity index (χ0n) is 10.7. The van der Waals surface area contributed by atoms with E-state index in [-0.39, 0.29) is 11.9 Å². The Morgan fingerprint density at radius 1 is 1.67 bits per heavy atom. The van der Waals surface area contributed by atoms with Gasteiger partial charge in [0.1, 0.15) is 5.69 Å². The van der Waals surface area contributed by atoms with Crippen molar-refractivity contribution in [3.05, 3.63) is 17.5 Å². The Morgan fingerprint density at radius 2 is 2.44 bits per heavy atom. The van der Waals surface area contributed by atoms with Gasteiger partial charge in [-0.25, -0.2) is 0 Å². The predicted molar refractivity (Wildman–Crippen MR) is 68.9 cm³/mol. The summed E-state index contributed by atoms with van der Waals surface area (Å²) in [5.74, 6) is 0.378. The number of carbonyl (C=O) groups is 1. The Balaban J connectivity index is 2.20. The van der Waals surface area contributed by atoms with E-state index in [1.165, 1.54) is 0 Å². The van der Waals surface area contributed by atoms with E-state index in [4.69, 9.17) is 16.3 Å². The summed E-state index contributed by atoms with van der Waals surface area (Å²) in [6.07, 6.45) is 0.823. The molecule has 5 nitrogen and oxygen atoms in total. The summed E-state index contributed by atoms with van der Waals surface area (Å²) in [4.78, 5) is 14.3. The molecule has 1 aliphatic heterocycles. The molecule has 0 bridgehead atoms. The van der Waals surface area contributed by atoms with Crippen molar-refractivity contribution < 1.29 is 9.53 Å². The number of alkyl halides is 1. The molecule has 1 aromatic rings. The van der Waals surface area contributed by atoms with E-state index in [1.807, 2.05) is 13.0 Å². The minimum absolute atomic E-state index is 0.0151. The maximum Gasteiger partial charge on any atom is 0.272 e. The van der Waals surface area contributed by atoms with Crippen LogP contribution in [0.25, 0.3) is 0 Å². The second-order valence-electron chi connectivity index (χ2n) is 4.38. The van der Waals surface area contributed by atoms with E-state index in [0.717, 1.165) is 12.1 Å². The van der Waals surface area contributed by atoms with Gasteiger partial charge in [-0.2, -0.15) is 5.10 Å². The van der Waals surface area contributed by atoms with Gasteiger partial charge >= 0.3 is 0 Å². The molecule has 6 heteroatoms. The Labute approximate surface area is 112 Å². The first kappa shape index (κ1) is 13.4. The van der Waals surface area contributed by atoms with Crippen LogP contribution in [-0.2, 0) is 18.2 Å². The molecule has 1 aliphatic rings. The van der Waals surface area contributed by atoms with E-state index < -0.39 is 0 Å². The topological polar surface area (TPSA) is 47.4 Å². The molecule has 1 amide bonds. The third-order valence-electron chi connectivity index (χ3n) is 3.18. The third-order valence-corrected chi connectivity index (χ3v) is 3.53. The summed E-state index contributed by atoms with van der Waals surface area (Å²) in [6, 6.07) is 1.80. The van der Waals surface area contributed by atoms with Crippen LogP contribution in [0.3, 0.4) is 0 Å². The van der Waals surface area contributed by atoms with E-state index in [0.29, 0.717) is 31.3 Å². The molecule has 18 heavy (non-hydrogen) atoms. The Hall–Kier alpha value is -1.07. The van der Waals surface area contributed by atoms with Crippen molar-refractivity contribution in [3.63, 3.8) is 0 Å². The molecular weight excluding hydrogens is 254 g/mol. The molecule has 1 saturated heterocycles. The lowest BCUT2D eigenvalue weighted by Gasteiger charge is -2.34. The van der Waals surface area contributed by atoms with Crippen LogP contribution >= 0.6 is 11.6 Å². The first-order chi connectivity index (χ1) is 8.67. The molecule has 0 aliphatic carbocycles. The Bertz CT molecular complexity index is 433. The van der Waals surface area contributed by atoms with Crippen molar-refractivity contribution in [1.29, 1.82) is 0 Å². The highest BCUT2D eigenvalue weighted by molar-refractivity contribution is 6.18. The molecule has 1 aromatic heterocycles. The van der Waals surface area contributed by atoms with Crippen molar-refractivity contribution in [1.82, 2.24) is 14.7 Å². The van der Waals surface area contributed by atoms with Gasteiger partial charge in [0.15, 0.2) is 0 Å². The maximum atomic E-state index is 12.5. The number of ether oxygens (including phenoxy) is 1. The van der Waals surface area contributed by atoms with Crippen molar-refractivity contribution in [3.8, 4) is 0 Å². The number of aryl methyl sites for hydroxylation is 2. The number of nitrogens with zero attached hydrogens (tertiary/aromatic N) is 3. The van der Waals surface area contributed by atoms with Crippen LogP contribution in [0.4, 0.5) is 0 Å². The van der Waals surface area contributed by atoms with Gasteiger partial charge in [-0.05, 0) is 12.5 Å². The molecule has 100 valence electrons. The summed E-state index contributed by atoms with van der Waals surface area (Å²) in [7, 11) is 1.79. The molecule has 0 spiro atoms. The van der Waals surface area contributed by atoms with Crippen molar-refractivity contribution >= 4 is 17.5 Å². The van der Waals surface area contributed by atoms with Gasteiger partial charge in [0, 0.05) is 19.5 Å². The number of hydrogen-bond acceptors (Lipinski definition) is 3. The molecule has 2 heterocycles. The van der Waals surface area contributed by atoms with E-state index in [1.54, 1.807) is 16.6 Å². The van der Waals surface area contributed by atoms with Crippen LogP contribution in [-0.4, -0.2) is 52.3 Å². The minimum atomic E-state index is -0.0482. The van der Waals surface area contributed by atoms with Crippen LogP contribution < -0.4 is 0 Å². The number of amides is 1. The smallest absolute Gasteiger partial charge is 0.272 e. The zero-order chi connectivity index (χ0) is 13.1. The average Bonchev–Trinajstić information content (AvgIpc) is 2.79. The highest BCUT2D eigenvalue weighted by Gasteiger charge is 2.29. The Morgan fingerprint density at radius 3 is 3.06 bits per heavy atom. The Kier molecular flexibility index (Phi) is 4.24. The molecular formula is C12H18ClN3O2. The lowest BCUT2D eigenvalue weighted by atomic mass is 10.2. The molecule has 1 fully saturated rings. The monoisotopic (exact) mass is 271 g/mol. The third kappa shape index (κ3) is 2.52. The lowest BCUT2D eigenvalue weighted by molar-refractivity contribution is 0.00397. The fraction of sp³-hybridized carbons (Fsp3) is 0.667.